The van der Waals surface area contributed by atoms with E-state index >= 15 is 0 Å². The minimum absolute atomic E-state index is 0. The van der Waals surface area contributed by atoms with E-state index in [0.29, 0.717) is 30.9 Å². The molecule has 0 aliphatic carbocycles. The number of carbonyl (C=O) groups excluding carboxylic acids is 1. The van der Waals surface area contributed by atoms with Crippen LogP contribution in [0.2, 0.25) is 0 Å². The van der Waals surface area contributed by atoms with E-state index in [1.165, 1.54) is 0 Å². The van der Waals surface area contributed by atoms with Gasteiger partial charge in [-0.1, -0.05) is 66.7 Å². The maximum absolute atomic E-state index is 13.8. The van der Waals surface area contributed by atoms with Crippen molar-refractivity contribution in [1.29, 1.82) is 0 Å². The van der Waals surface area contributed by atoms with Crippen LogP contribution in [0.15, 0.2) is 91.0 Å². The molecule has 3 aromatic rings. The summed E-state index contributed by atoms with van der Waals surface area (Å²) in [4.78, 5) is 12.5. The van der Waals surface area contributed by atoms with Gasteiger partial charge in [-0.15, -0.1) is 12.4 Å². The summed E-state index contributed by atoms with van der Waals surface area (Å²) in [6.07, 6.45) is 0.473. The van der Waals surface area contributed by atoms with Gasteiger partial charge in [0.2, 0.25) is 0 Å². The van der Waals surface area contributed by atoms with Crippen molar-refractivity contribution in [1.82, 2.24) is 5.32 Å². The molecule has 182 valence electrons. The molecular weight excluding hydrogens is 475 g/mol. The highest BCUT2D eigenvalue weighted by molar-refractivity contribution is 7.54. The molecule has 0 fully saturated rings. The van der Waals surface area contributed by atoms with Crippen molar-refractivity contribution in [2.24, 2.45) is 5.73 Å². The standard InChI is InChI=1S/C25H29N2O5P.ClH/c26-18-10-13-22(27-25(28)30-19-21-11-4-1-5-12-21)20-33(29,31-23-14-6-2-7-15-23)32-24-16-8-3-9-17-24;/h1-9,11-12,14-17,22H,10,13,18-20,26H2,(H,27,28);1H. The molecule has 1 atom stereocenters. The lowest BCUT2D eigenvalue weighted by Crippen LogP contribution is -2.39. The summed E-state index contributed by atoms with van der Waals surface area (Å²) in [5, 5.41) is 2.80. The fraction of sp³-hybridized carbons (Fsp3) is 0.240. The predicted molar refractivity (Wildman–Crippen MR) is 136 cm³/mol. The Morgan fingerprint density at radius 3 is 1.85 bits per heavy atom. The van der Waals surface area contributed by atoms with E-state index in [0.717, 1.165) is 5.56 Å². The SMILES string of the molecule is Cl.NCCCC(CP(=O)(Oc1ccccc1)Oc1ccccc1)NC(=O)OCc1ccccc1. The van der Waals surface area contributed by atoms with Crippen LogP contribution in [-0.4, -0.2) is 24.8 Å². The van der Waals surface area contributed by atoms with Crippen molar-refractivity contribution < 1.29 is 23.1 Å². The van der Waals surface area contributed by atoms with Gasteiger partial charge in [0.15, 0.2) is 0 Å². The Balaban J connectivity index is 0.00000408. The molecule has 3 N–H and O–H groups in total. The second-order valence-electron chi connectivity index (χ2n) is 7.44. The van der Waals surface area contributed by atoms with Gasteiger partial charge >= 0.3 is 13.7 Å². The number of nitrogens with two attached hydrogens (primary N) is 1. The minimum Gasteiger partial charge on any atom is -0.445 e. The molecule has 1 unspecified atom stereocenters. The summed E-state index contributed by atoms with van der Waals surface area (Å²) in [6.45, 7) is 0.565. The first-order valence-corrected chi connectivity index (χ1v) is 12.5. The number of hydrogen-bond donors (Lipinski definition) is 2. The number of ether oxygens (including phenoxy) is 1. The lowest BCUT2D eigenvalue weighted by atomic mass is 10.2. The molecule has 0 bridgehead atoms. The van der Waals surface area contributed by atoms with Gasteiger partial charge in [0.05, 0.1) is 6.16 Å². The van der Waals surface area contributed by atoms with Crippen molar-refractivity contribution in [2.75, 3.05) is 12.7 Å². The van der Waals surface area contributed by atoms with Gasteiger partial charge in [0, 0.05) is 6.04 Å². The molecule has 1 amide bonds. The van der Waals surface area contributed by atoms with Crippen LogP contribution >= 0.6 is 20.0 Å². The van der Waals surface area contributed by atoms with Crippen LogP contribution in [0.25, 0.3) is 0 Å². The summed E-state index contributed by atoms with van der Waals surface area (Å²) in [5.41, 5.74) is 6.55. The van der Waals surface area contributed by atoms with E-state index in [1.54, 1.807) is 48.5 Å². The van der Waals surface area contributed by atoms with Crippen LogP contribution in [0.5, 0.6) is 11.5 Å². The number of carbonyl (C=O) groups is 1. The average Bonchev–Trinajstić information content (AvgIpc) is 2.83. The summed E-state index contributed by atoms with van der Waals surface area (Å²) >= 11 is 0. The lowest BCUT2D eigenvalue weighted by Gasteiger charge is -2.25. The Morgan fingerprint density at radius 2 is 1.35 bits per heavy atom. The first-order chi connectivity index (χ1) is 16.1. The van der Waals surface area contributed by atoms with Crippen molar-refractivity contribution >= 4 is 26.1 Å². The average molecular weight is 505 g/mol. The first-order valence-electron chi connectivity index (χ1n) is 10.8. The summed E-state index contributed by atoms with van der Waals surface area (Å²) < 4.78 is 30.8. The molecule has 0 aliphatic rings. The topological polar surface area (TPSA) is 99.9 Å². The quantitative estimate of drug-likeness (QED) is 0.303. The number of halogens is 1. The smallest absolute Gasteiger partial charge is 0.432 e. The van der Waals surface area contributed by atoms with Crippen LogP contribution in [0, 0.1) is 0 Å². The number of rotatable bonds is 12. The zero-order valence-corrected chi connectivity index (χ0v) is 20.5. The van der Waals surface area contributed by atoms with Gasteiger partial charge in [0.25, 0.3) is 0 Å². The van der Waals surface area contributed by atoms with Gasteiger partial charge in [-0.25, -0.2) is 9.36 Å². The summed E-state index contributed by atoms with van der Waals surface area (Å²) in [7, 11) is -3.70. The number of benzene rings is 3. The van der Waals surface area contributed by atoms with E-state index in [2.05, 4.69) is 5.32 Å². The molecule has 9 heteroatoms. The molecular formula is C25H30ClN2O5P. The molecule has 7 nitrogen and oxygen atoms in total. The fourth-order valence-electron chi connectivity index (χ4n) is 3.15. The Labute approximate surface area is 206 Å². The molecule has 0 saturated carbocycles. The monoisotopic (exact) mass is 504 g/mol. The summed E-state index contributed by atoms with van der Waals surface area (Å²) in [6, 6.07) is 26.5. The molecule has 3 rings (SSSR count). The maximum Gasteiger partial charge on any atom is 0.432 e. The van der Waals surface area contributed by atoms with Crippen molar-refractivity contribution in [3.05, 3.63) is 96.6 Å². The molecule has 0 radical (unpaired) electrons. The van der Waals surface area contributed by atoms with Gasteiger partial charge < -0.3 is 24.8 Å². The van der Waals surface area contributed by atoms with Crippen molar-refractivity contribution in [3.63, 3.8) is 0 Å². The normalized spacial score (nSPS) is 11.6. The fourth-order valence-corrected chi connectivity index (χ4v) is 5.04. The van der Waals surface area contributed by atoms with Crippen LogP contribution in [0.3, 0.4) is 0 Å². The van der Waals surface area contributed by atoms with Gasteiger partial charge in [0.1, 0.15) is 18.1 Å². The largest absolute Gasteiger partial charge is 0.445 e. The van der Waals surface area contributed by atoms with E-state index in [4.69, 9.17) is 19.5 Å². The number of amides is 1. The molecule has 3 aromatic carbocycles. The summed E-state index contributed by atoms with van der Waals surface area (Å²) in [5.74, 6) is 0.835. The minimum atomic E-state index is -3.70. The van der Waals surface area contributed by atoms with Gasteiger partial charge in [-0.2, -0.15) is 0 Å². The third-order valence-electron chi connectivity index (χ3n) is 4.71. The molecule has 0 aliphatic heterocycles. The number of alkyl carbamates (subject to hydrolysis) is 1. The van der Waals surface area contributed by atoms with Crippen molar-refractivity contribution in [3.8, 4) is 11.5 Å². The number of hydrogen-bond acceptors (Lipinski definition) is 6. The molecule has 0 aromatic heterocycles. The molecule has 0 spiro atoms. The van der Waals surface area contributed by atoms with Crippen LogP contribution < -0.4 is 20.1 Å². The van der Waals surface area contributed by atoms with Crippen LogP contribution in [-0.2, 0) is 15.9 Å². The maximum atomic E-state index is 13.8. The molecule has 0 heterocycles. The zero-order valence-electron chi connectivity index (χ0n) is 18.7. The Hall–Kier alpha value is -2.99. The second kappa shape index (κ2) is 14.3. The molecule has 0 saturated heterocycles. The zero-order chi connectivity index (χ0) is 23.4. The van der Waals surface area contributed by atoms with Crippen molar-refractivity contribution in [2.45, 2.75) is 25.5 Å². The number of nitrogens with one attached hydrogen (secondary N) is 1. The third-order valence-corrected chi connectivity index (χ3v) is 6.58. The Kier molecular flexibility index (Phi) is 11.5. The first kappa shape index (κ1) is 27.3. The van der Waals surface area contributed by atoms with E-state index < -0.39 is 19.7 Å². The lowest BCUT2D eigenvalue weighted by molar-refractivity contribution is 0.136. The van der Waals surface area contributed by atoms with E-state index in [9.17, 15) is 9.36 Å². The predicted octanol–water partition coefficient (Wildman–Crippen LogP) is 5.79. The molecule has 34 heavy (non-hydrogen) atoms. The van der Waals surface area contributed by atoms with E-state index in [1.807, 2.05) is 42.5 Å². The van der Waals surface area contributed by atoms with Crippen LogP contribution in [0.1, 0.15) is 18.4 Å². The van der Waals surface area contributed by atoms with Gasteiger partial charge in [-0.05, 0) is 49.2 Å². The second-order valence-corrected chi connectivity index (χ2v) is 9.39. The Bertz CT molecular complexity index is 980. The third kappa shape index (κ3) is 9.48. The van der Waals surface area contributed by atoms with E-state index in [-0.39, 0.29) is 25.2 Å². The highest BCUT2D eigenvalue weighted by Crippen LogP contribution is 2.49. The highest BCUT2D eigenvalue weighted by atomic mass is 35.5. The van der Waals surface area contributed by atoms with Crippen LogP contribution in [0.4, 0.5) is 4.79 Å². The van der Waals surface area contributed by atoms with Gasteiger partial charge in [-0.3, -0.25) is 0 Å². The highest BCUT2D eigenvalue weighted by Gasteiger charge is 2.33. The Morgan fingerprint density at radius 1 is 0.853 bits per heavy atom. The number of para-hydroxylation sites is 2.